The van der Waals surface area contributed by atoms with Crippen LogP contribution in [-0.2, 0) is 20.2 Å². The molecule has 9 nitrogen and oxygen atoms in total. The number of rotatable bonds is 7. The minimum Gasteiger partial charge on any atom is -0.481 e. The standard InChI is InChI=1S/C29H34F3N5O4/c1-16(19-6-5-7-22(24(19)30)29(3,31)32)33-25-21-14-20(27(39-4)36-26(21)35-17(2)34-25)18-8-10-37(11-9-18)28(38)23-15-40-12-13-41-23/h5-7,14,16,18,23H,8-13,15H2,1-4H3,(H,33,34,35,36)/t16-,23-/m1/s1. The van der Waals surface area contributed by atoms with E-state index in [9.17, 15) is 13.6 Å². The number of benzene rings is 1. The maximum absolute atomic E-state index is 15.1. The largest absolute Gasteiger partial charge is 0.481 e. The number of carbonyl (C=O) groups is 1. The number of methoxy groups -OCH3 is 1. The number of aryl methyl sites for hydroxylation is 1. The van der Waals surface area contributed by atoms with Gasteiger partial charge >= 0.3 is 0 Å². The third kappa shape index (κ3) is 6.08. The number of amides is 1. The van der Waals surface area contributed by atoms with Gasteiger partial charge < -0.3 is 24.4 Å². The number of aromatic nitrogens is 3. The lowest BCUT2D eigenvalue weighted by Gasteiger charge is -2.35. The van der Waals surface area contributed by atoms with Gasteiger partial charge in [0.05, 0.1) is 43.9 Å². The quantitative estimate of drug-likeness (QED) is 0.427. The fourth-order valence-corrected chi connectivity index (χ4v) is 5.48. The van der Waals surface area contributed by atoms with E-state index in [0.717, 1.165) is 11.6 Å². The van der Waals surface area contributed by atoms with E-state index in [-0.39, 0.29) is 24.0 Å². The smallest absolute Gasteiger partial charge is 0.273 e. The first-order valence-corrected chi connectivity index (χ1v) is 13.7. The third-order valence-electron chi connectivity index (χ3n) is 7.64. The van der Waals surface area contributed by atoms with Crippen LogP contribution in [-0.4, -0.2) is 71.9 Å². The molecule has 5 rings (SSSR count). The molecule has 0 aliphatic carbocycles. The molecule has 0 radical (unpaired) electrons. The zero-order valence-electron chi connectivity index (χ0n) is 23.5. The molecule has 2 aromatic heterocycles. The average Bonchev–Trinajstić information content (AvgIpc) is 2.96. The number of pyridine rings is 1. The molecule has 41 heavy (non-hydrogen) atoms. The number of carbonyl (C=O) groups excluding carboxylic acids is 1. The van der Waals surface area contributed by atoms with Crippen LogP contribution < -0.4 is 10.1 Å². The zero-order valence-corrected chi connectivity index (χ0v) is 23.5. The number of anilines is 1. The highest BCUT2D eigenvalue weighted by Crippen LogP contribution is 2.38. The van der Waals surface area contributed by atoms with Crippen LogP contribution in [0.25, 0.3) is 11.0 Å². The van der Waals surface area contributed by atoms with Crippen molar-refractivity contribution in [2.24, 2.45) is 0 Å². The van der Waals surface area contributed by atoms with Crippen LogP contribution in [0.15, 0.2) is 24.3 Å². The van der Waals surface area contributed by atoms with Gasteiger partial charge in [0.2, 0.25) is 5.88 Å². The Kier molecular flexibility index (Phi) is 8.32. The van der Waals surface area contributed by atoms with Gasteiger partial charge in [-0.3, -0.25) is 4.79 Å². The van der Waals surface area contributed by atoms with Gasteiger partial charge in [-0.25, -0.2) is 23.1 Å². The van der Waals surface area contributed by atoms with E-state index in [1.54, 1.807) is 25.9 Å². The highest BCUT2D eigenvalue weighted by atomic mass is 19.3. The molecule has 12 heteroatoms. The summed E-state index contributed by atoms with van der Waals surface area (Å²) in [5.41, 5.74) is 0.684. The number of fused-ring (bicyclic) bond motifs is 1. The minimum absolute atomic E-state index is 0.0573. The van der Waals surface area contributed by atoms with Crippen LogP contribution in [0.5, 0.6) is 5.88 Å². The van der Waals surface area contributed by atoms with E-state index in [4.69, 9.17) is 14.2 Å². The summed E-state index contributed by atoms with van der Waals surface area (Å²) in [5.74, 6) is -2.99. The van der Waals surface area contributed by atoms with Crippen molar-refractivity contribution in [1.29, 1.82) is 0 Å². The average molecular weight is 574 g/mol. The summed E-state index contributed by atoms with van der Waals surface area (Å²) in [5, 5.41) is 3.79. The van der Waals surface area contributed by atoms with Crippen molar-refractivity contribution in [3.05, 3.63) is 52.6 Å². The van der Waals surface area contributed by atoms with Gasteiger partial charge in [0, 0.05) is 31.1 Å². The minimum atomic E-state index is -3.31. The molecule has 2 aliphatic heterocycles. The number of nitrogens with one attached hydrogen (secondary N) is 1. The highest BCUT2D eigenvalue weighted by molar-refractivity contribution is 5.88. The van der Waals surface area contributed by atoms with Crippen molar-refractivity contribution in [1.82, 2.24) is 19.9 Å². The Morgan fingerprint density at radius 2 is 1.95 bits per heavy atom. The molecule has 3 aromatic rings. The first-order valence-electron chi connectivity index (χ1n) is 13.7. The topological polar surface area (TPSA) is 98.7 Å². The molecule has 4 heterocycles. The molecule has 0 bridgehead atoms. The second-order valence-corrected chi connectivity index (χ2v) is 10.6. The maximum atomic E-state index is 15.1. The first-order chi connectivity index (χ1) is 19.6. The van der Waals surface area contributed by atoms with Crippen LogP contribution in [0.2, 0.25) is 0 Å². The van der Waals surface area contributed by atoms with Crippen molar-refractivity contribution in [3.8, 4) is 5.88 Å². The number of nitrogens with zero attached hydrogens (tertiary/aromatic N) is 4. The third-order valence-corrected chi connectivity index (χ3v) is 7.64. The lowest BCUT2D eigenvalue weighted by molar-refractivity contribution is -0.158. The van der Waals surface area contributed by atoms with Crippen molar-refractivity contribution in [3.63, 3.8) is 0 Å². The summed E-state index contributed by atoms with van der Waals surface area (Å²) in [6.07, 6.45) is 0.818. The van der Waals surface area contributed by atoms with Crippen molar-refractivity contribution < 1.29 is 32.2 Å². The van der Waals surface area contributed by atoms with Crippen LogP contribution in [0.3, 0.4) is 0 Å². The molecule has 2 saturated heterocycles. The Bertz CT molecular complexity index is 1420. The lowest BCUT2D eigenvalue weighted by atomic mass is 9.89. The lowest BCUT2D eigenvalue weighted by Crippen LogP contribution is -2.47. The SMILES string of the molecule is COc1nc2nc(C)nc(N[C@H](C)c3cccc(C(C)(F)F)c3F)c2cc1C1CCN(C(=O)[C@H]2COCCO2)CC1. The van der Waals surface area contributed by atoms with E-state index in [1.807, 2.05) is 6.07 Å². The Labute approximate surface area is 236 Å². The number of ether oxygens (including phenoxy) is 3. The number of alkyl halides is 2. The number of halogens is 3. The predicted molar refractivity (Wildman–Crippen MR) is 146 cm³/mol. The summed E-state index contributed by atoms with van der Waals surface area (Å²) >= 11 is 0. The summed E-state index contributed by atoms with van der Waals surface area (Å²) in [6.45, 7) is 6.35. The molecular weight excluding hydrogens is 539 g/mol. The Morgan fingerprint density at radius 1 is 1.20 bits per heavy atom. The van der Waals surface area contributed by atoms with E-state index in [2.05, 4.69) is 20.3 Å². The molecule has 0 saturated carbocycles. The molecule has 1 N–H and O–H groups in total. The second kappa shape index (κ2) is 11.8. The predicted octanol–water partition coefficient (Wildman–Crippen LogP) is 4.89. The molecule has 0 unspecified atom stereocenters. The first kappa shape index (κ1) is 29.0. The van der Waals surface area contributed by atoms with Crippen LogP contribution >= 0.6 is 0 Å². The monoisotopic (exact) mass is 573 g/mol. The molecular formula is C29H34F3N5O4. The Hall–Kier alpha value is -3.51. The summed E-state index contributed by atoms with van der Waals surface area (Å²) in [6, 6.07) is 5.23. The number of likely N-dealkylation sites (tertiary alicyclic amines) is 1. The number of hydrogen-bond acceptors (Lipinski definition) is 8. The summed E-state index contributed by atoms with van der Waals surface area (Å²) < 4.78 is 59.6. The number of piperidine rings is 1. The summed E-state index contributed by atoms with van der Waals surface area (Å²) in [4.78, 5) is 28.4. The van der Waals surface area contributed by atoms with Crippen molar-refractivity contribution in [2.75, 3.05) is 45.3 Å². The molecule has 2 fully saturated rings. The van der Waals surface area contributed by atoms with Gasteiger partial charge in [-0.05, 0) is 38.7 Å². The Morgan fingerprint density at radius 3 is 2.61 bits per heavy atom. The second-order valence-electron chi connectivity index (χ2n) is 10.6. The van der Waals surface area contributed by atoms with E-state index >= 15 is 4.39 Å². The van der Waals surface area contributed by atoms with Crippen LogP contribution in [0.4, 0.5) is 19.0 Å². The van der Waals surface area contributed by atoms with Gasteiger partial charge in [-0.2, -0.15) is 4.98 Å². The van der Waals surface area contributed by atoms with Gasteiger partial charge in [0.15, 0.2) is 11.8 Å². The molecule has 1 aromatic carbocycles. The maximum Gasteiger partial charge on any atom is 0.273 e. The van der Waals surface area contributed by atoms with Crippen molar-refractivity contribution >= 4 is 22.8 Å². The highest BCUT2D eigenvalue weighted by Gasteiger charge is 2.33. The van der Waals surface area contributed by atoms with Crippen LogP contribution in [0.1, 0.15) is 61.2 Å². The zero-order chi connectivity index (χ0) is 29.3. The molecule has 0 spiro atoms. The van der Waals surface area contributed by atoms with Gasteiger partial charge in [-0.15, -0.1) is 0 Å². The number of hydrogen-bond donors (Lipinski definition) is 1. The van der Waals surface area contributed by atoms with Gasteiger partial charge in [0.1, 0.15) is 17.5 Å². The van der Waals surface area contributed by atoms with Gasteiger partial charge in [-0.1, -0.05) is 18.2 Å². The molecule has 2 atom stereocenters. The fourth-order valence-electron chi connectivity index (χ4n) is 5.48. The normalized spacial score (nSPS) is 19.3. The fraction of sp³-hybridized carbons (Fsp3) is 0.517. The van der Waals surface area contributed by atoms with Gasteiger partial charge in [0.25, 0.3) is 11.8 Å². The molecule has 1 amide bonds. The van der Waals surface area contributed by atoms with E-state index in [1.165, 1.54) is 12.1 Å². The summed E-state index contributed by atoms with van der Waals surface area (Å²) in [7, 11) is 1.55. The molecule has 220 valence electrons. The van der Waals surface area contributed by atoms with Crippen molar-refractivity contribution in [2.45, 2.75) is 57.6 Å². The Balaban J connectivity index is 1.41. The molecule has 2 aliphatic rings. The van der Waals surface area contributed by atoms with E-state index in [0.29, 0.717) is 74.6 Å². The van der Waals surface area contributed by atoms with Crippen LogP contribution in [0, 0.1) is 12.7 Å². The van der Waals surface area contributed by atoms with E-state index < -0.39 is 29.4 Å².